The molecule has 0 aliphatic carbocycles. The lowest BCUT2D eigenvalue weighted by Crippen LogP contribution is -2.46. The van der Waals surface area contributed by atoms with Crippen molar-refractivity contribution in [3.8, 4) is 5.75 Å². The first kappa shape index (κ1) is 15.4. The van der Waals surface area contributed by atoms with Crippen molar-refractivity contribution in [3.05, 3.63) is 23.8 Å². The monoisotopic (exact) mass is 290 g/mol. The van der Waals surface area contributed by atoms with E-state index in [0.29, 0.717) is 12.2 Å². The molecule has 1 heterocycles. The van der Waals surface area contributed by atoms with Crippen molar-refractivity contribution < 1.29 is 14.3 Å². The molecular formula is C16H22N2O3. The normalized spacial score (nSPS) is 15.7. The summed E-state index contributed by atoms with van der Waals surface area (Å²) in [4.78, 5) is 23.4. The third-order valence-electron chi connectivity index (χ3n) is 3.16. The number of rotatable bonds is 3. The number of hydrogen-bond donors (Lipinski definition) is 2. The van der Waals surface area contributed by atoms with Crippen LogP contribution in [0.4, 0.5) is 5.69 Å². The van der Waals surface area contributed by atoms with Crippen molar-refractivity contribution in [2.45, 2.75) is 52.2 Å². The third-order valence-corrected chi connectivity index (χ3v) is 3.16. The number of amides is 2. The van der Waals surface area contributed by atoms with Crippen LogP contribution in [0.15, 0.2) is 18.2 Å². The number of hydrogen-bond acceptors (Lipinski definition) is 3. The summed E-state index contributed by atoms with van der Waals surface area (Å²) >= 11 is 0. The molecule has 0 radical (unpaired) electrons. The summed E-state index contributed by atoms with van der Waals surface area (Å²) < 4.78 is 5.66. The lowest BCUT2D eigenvalue weighted by Gasteiger charge is -2.24. The number of fused-ring (bicyclic) bond motifs is 1. The highest BCUT2D eigenvalue weighted by Gasteiger charge is 2.21. The predicted molar refractivity (Wildman–Crippen MR) is 81.4 cm³/mol. The van der Waals surface area contributed by atoms with E-state index in [1.807, 2.05) is 32.9 Å². The highest BCUT2D eigenvalue weighted by atomic mass is 16.5. The number of carbonyl (C=O) groups excluding carboxylic acids is 2. The van der Waals surface area contributed by atoms with Crippen LogP contribution >= 0.6 is 0 Å². The van der Waals surface area contributed by atoms with Crippen LogP contribution in [0, 0.1) is 0 Å². The minimum atomic E-state index is -0.596. The molecule has 1 aromatic rings. The van der Waals surface area contributed by atoms with Crippen LogP contribution in [0.25, 0.3) is 0 Å². The predicted octanol–water partition coefficient (Wildman–Crippen LogP) is 2.25. The molecule has 2 N–H and O–H groups in total. The van der Waals surface area contributed by atoms with Crippen LogP contribution in [0.3, 0.4) is 0 Å². The Labute approximate surface area is 125 Å². The minimum absolute atomic E-state index is 0.0122. The molecule has 0 bridgehead atoms. The molecule has 5 heteroatoms. The van der Waals surface area contributed by atoms with Gasteiger partial charge in [0, 0.05) is 23.7 Å². The SMILES string of the molecule is CC(Oc1ccc2c(c1)NC(=O)CC2)C(=O)NC(C)(C)C. The van der Waals surface area contributed by atoms with E-state index in [1.54, 1.807) is 13.0 Å². The molecule has 2 rings (SSSR count). The Morgan fingerprint density at radius 2 is 2.05 bits per heavy atom. The topological polar surface area (TPSA) is 67.4 Å². The van der Waals surface area contributed by atoms with Gasteiger partial charge in [0.1, 0.15) is 5.75 Å². The van der Waals surface area contributed by atoms with Crippen molar-refractivity contribution >= 4 is 17.5 Å². The van der Waals surface area contributed by atoms with E-state index in [0.717, 1.165) is 17.7 Å². The number of aryl methyl sites for hydroxylation is 1. The van der Waals surface area contributed by atoms with Gasteiger partial charge in [-0.25, -0.2) is 0 Å². The van der Waals surface area contributed by atoms with Gasteiger partial charge < -0.3 is 15.4 Å². The zero-order valence-electron chi connectivity index (χ0n) is 12.9. The van der Waals surface area contributed by atoms with Crippen LogP contribution in [-0.4, -0.2) is 23.5 Å². The molecule has 1 aliphatic rings. The van der Waals surface area contributed by atoms with E-state index in [4.69, 9.17) is 4.74 Å². The maximum absolute atomic E-state index is 12.0. The molecule has 114 valence electrons. The Kier molecular flexibility index (Phi) is 4.21. The molecule has 5 nitrogen and oxygen atoms in total. The van der Waals surface area contributed by atoms with Crippen LogP contribution in [0.2, 0.25) is 0 Å². The van der Waals surface area contributed by atoms with E-state index in [2.05, 4.69) is 10.6 Å². The fourth-order valence-corrected chi connectivity index (χ4v) is 2.15. The standard InChI is InChI=1S/C16H22N2O3/c1-10(15(20)18-16(2,3)4)21-12-7-5-11-6-8-14(19)17-13(11)9-12/h5,7,9-10H,6,8H2,1-4H3,(H,17,19)(H,18,20). The summed E-state index contributed by atoms with van der Waals surface area (Å²) in [5.74, 6) is 0.426. The molecule has 21 heavy (non-hydrogen) atoms. The summed E-state index contributed by atoms with van der Waals surface area (Å²) in [6.45, 7) is 7.48. The second-order valence-electron chi connectivity index (χ2n) is 6.37. The number of ether oxygens (including phenoxy) is 1. The van der Waals surface area contributed by atoms with Gasteiger partial charge in [-0.15, -0.1) is 0 Å². The van der Waals surface area contributed by atoms with Gasteiger partial charge in [-0.05, 0) is 45.7 Å². The summed E-state index contributed by atoms with van der Waals surface area (Å²) in [6.07, 6.45) is 0.653. The van der Waals surface area contributed by atoms with Gasteiger partial charge in [0.25, 0.3) is 5.91 Å². The highest BCUT2D eigenvalue weighted by molar-refractivity contribution is 5.94. The van der Waals surface area contributed by atoms with Gasteiger partial charge in [-0.1, -0.05) is 6.07 Å². The third kappa shape index (κ3) is 4.21. The molecule has 0 spiro atoms. The molecule has 2 amide bonds. The fourth-order valence-electron chi connectivity index (χ4n) is 2.15. The van der Waals surface area contributed by atoms with E-state index < -0.39 is 6.10 Å². The first-order valence-electron chi connectivity index (χ1n) is 7.16. The largest absolute Gasteiger partial charge is 0.481 e. The lowest BCUT2D eigenvalue weighted by atomic mass is 10.0. The lowest BCUT2D eigenvalue weighted by molar-refractivity contribution is -0.128. The van der Waals surface area contributed by atoms with E-state index >= 15 is 0 Å². The summed E-state index contributed by atoms with van der Waals surface area (Å²) in [7, 11) is 0. The summed E-state index contributed by atoms with van der Waals surface area (Å²) in [5.41, 5.74) is 1.57. The molecule has 1 unspecified atom stereocenters. The minimum Gasteiger partial charge on any atom is -0.481 e. The average Bonchev–Trinajstić information content (AvgIpc) is 2.36. The Balaban J connectivity index is 2.04. The Morgan fingerprint density at radius 3 is 2.71 bits per heavy atom. The molecule has 1 aliphatic heterocycles. The quantitative estimate of drug-likeness (QED) is 0.897. The molecule has 1 aromatic carbocycles. The van der Waals surface area contributed by atoms with Crippen molar-refractivity contribution in [1.29, 1.82) is 0 Å². The number of anilines is 1. The summed E-state index contributed by atoms with van der Waals surface area (Å²) in [6, 6.07) is 5.53. The summed E-state index contributed by atoms with van der Waals surface area (Å²) in [5, 5.41) is 5.70. The Hall–Kier alpha value is -2.04. The van der Waals surface area contributed by atoms with Crippen LogP contribution in [-0.2, 0) is 16.0 Å². The first-order chi connectivity index (χ1) is 9.74. The van der Waals surface area contributed by atoms with Gasteiger partial charge in [0.05, 0.1) is 0 Å². The Morgan fingerprint density at radius 1 is 1.33 bits per heavy atom. The second kappa shape index (κ2) is 5.76. The van der Waals surface area contributed by atoms with E-state index in [-0.39, 0.29) is 17.4 Å². The zero-order valence-corrected chi connectivity index (χ0v) is 12.9. The maximum atomic E-state index is 12.0. The molecule has 0 fully saturated rings. The Bertz CT molecular complexity index is 561. The van der Waals surface area contributed by atoms with Crippen molar-refractivity contribution in [2.75, 3.05) is 5.32 Å². The molecule has 0 aromatic heterocycles. The van der Waals surface area contributed by atoms with Crippen LogP contribution in [0.1, 0.15) is 39.7 Å². The van der Waals surface area contributed by atoms with Gasteiger partial charge in [0.15, 0.2) is 6.10 Å². The molecular weight excluding hydrogens is 268 g/mol. The number of nitrogens with one attached hydrogen (secondary N) is 2. The zero-order chi connectivity index (χ0) is 15.6. The van der Waals surface area contributed by atoms with Gasteiger partial charge in [0.2, 0.25) is 5.91 Å². The fraction of sp³-hybridized carbons (Fsp3) is 0.500. The highest BCUT2D eigenvalue weighted by Crippen LogP contribution is 2.27. The first-order valence-corrected chi connectivity index (χ1v) is 7.16. The number of benzene rings is 1. The van der Waals surface area contributed by atoms with Gasteiger partial charge in [-0.2, -0.15) is 0 Å². The van der Waals surface area contributed by atoms with Crippen molar-refractivity contribution in [2.24, 2.45) is 0 Å². The van der Waals surface area contributed by atoms with Crippen LogP contribution < -0.4 is 15.4 Å². The van der Waals surface area contributed by atoms with Crippen LogP contribution in [0.5, 0.6) is 5.75 Å². The molecule has 0 saturated carbocycles. The second-order valence-corrected chi connectivity index (χ2v) is 6.37. The van der Waals surface area contributed by atoms with Crippen molar-refractivity contribution in [1.82, 2.24) is 5.32 Å². The average molecular weight is 290 g/mol. The van der Waals surface area contributed by atoms with Crippen molar-refractivity contribution in [3.63, 3.8) is 0 Å². The van der Waals surface area contributed by atoms with Gasteiger partial charge in [-0.3, -0.25) is 9.59 Å². The number of carbonyl (C=O) groups is 2. The maximum Gasteiger partial charge on any atom is 0.261 e. The smallest absolute Gasteiger partial charge is 0.261 e. The molecule has 0 saturated heterocycles. The molecule has 1 atom stereocenters. The van der Waals surface area contributed by atoms with E-state index in [1.165, 1.54) is 0 Å². The van der Waals surface area contributed by atoms with E-state index in [9.17, 15) is 9.59 Å². The van der Waals surface area contributed by atoms with Gasteiger partial charge >= 0.3 is 0 Å².